The lowest BCUT2D eigenvalue weighted by atomic mass is 9.88. The van der Waals surface area contributed by atoms with Crippen molar-refractivity contribution in [3.8, 4) is 0 Å². The summed E-state index contributed by atoms with van der Waals surface area (Å²) in [4.78, 5) is 15.1. The number of ether oxygens (including phenoxy) is 1. The van der Waals surface area contributed by atoms with E-state index in [1.165, 1.54) is 6.33 Å². The lowest BCUT2D eigenvalue weighted by Gasteiger charge is -2.39. The Kier molecular flexibility index (Phi) is 4.48. The SMILES string of the molecule is O=C(C(Cc1ccccc1)n1cnnn1)N1CCC2(CCCO2)CC1. The summed E-state index contributed by atoms with van der Waals surface area (Å²) >= 11 is 0. The highest BCUT2D eigenvalue weighted by Gasteiger charge is 2.40. The lowest BCUT2D eigenvalue weighted by Crippen LogP contribution is -2.48. The maximum Gasteiger partial charge on any atom is 0.247 e. The molecule has 0 N–H and O–H groups in total. The molecule has 2 aliphatic rings. The third-order valence-corrected chi connectivity index (χ3v) is 5.41. The Labute approximate surface area is 147 Å². The number of carbonyl (C=O) groups is 1. The zero-order valence-electron chi connectivity index (χ0n) is 14.3. The highest BCUT2D eigenvalue weighted by atomic mass is 16.5. The molecule has 1 unspecified atom stereocenters. The summed E-state index contributed by atoms with van der Waals surface area (Å²) in [5, 5.41) is 11.4. The minimum atomic E-state index is -0.407. The van der Waals surface area contributed by atoms with Crippen LogP contribution in [0.2, 0.25) is 0 Å². The first-order chi connectivity index (χ1) is 12.3. The van der Waals surface area contributed by atoms with Crippen molar-refractivity contribution in [2.45, 2.75) is 43.7 Å². The summed E-state index contributed by atoms with van der Waals surface area (Å²) in [5.41, 5.74) is 1.12. The highest BCUT2D eigenvalue weighted by Crippen LogP contribution is 2.36. The second kappa shape index (κ2) is 6.92. The first-order valence-corrected chi connectivity index (χ1v) is 8.95. The number of amides is 1. The number of carbonyl (C=O) groups excluding carboxylic acids is 1. The largest absolute Gasteiger partial charge is 0.375 e. The zero-order valence-corrected chi connectivity index (χ0v) is 14.3. The summed E-state index contributed by atoms with van der Waals surface area (Å²) in [6.45, 7) is 2.34. The standard InChI is InChI=1S/C18H23N5O2/c24-17(22-10-8-18(9-11-22)7-4-12-25-18)16(23-14-19-20-21-23)13-15-5-2-1-3-6-15/h1-3,5-6,14,16H,4,7-13H2. The van der Waals surface area contributed by atoms with Gasteiger partial charge < -0.3 is 9.64 Å². The van der Waals surface area contributed by atoms with Crippen molar-refractivity contribution in [2.24, 2.45) is 0 Å². The van der Waals surface area contributed by atoms with Gasteiger partial charge in [-0.3, -0.25) is 4.79 Å². The van der Waals surface area contributed by atoms with Gasteiger partial charge in [0.15, 0.2) is 0 Å². The normalized spacial score (nSPS) is 20.7. The van der Waals surface area contributed by atoms with Crippen molar-refractivity contribution in [1.29, 1.82) is 0 Å². The molecule has 0 radical (unpaired) electrons. The van der Waals surface area contributed by atoms with Gasteiger partial charge in [0.25, 0.3) is 0 Å². The van der Waals surface area contributed by atoms with E-state index in [0.717, 1.165) is 50.9 Å². The molecule has 1 atom stereocenters. The van der Waals surface area contributed by atoms with Gasteiger partial charge in [0.05, 0.1) is 5.60 Å². The van der Waals surface area contributed by atoms with Crippen molar-refractivity contribution in [3.05, 3.63) is 42.2 Å². The first-order valence-electron chi connectivity index (χ1n) is 8.95. The van der Waals surface area contributed by atoms with Gasteiger partial charge in [-0.25, -0.2) is 4.68 Å². The number of tetrazole rings is 1. The van der Waals surface area contributed by atoms with Gasteiger partial charge in [0.1, 0.15) is 12.4 Å². The monoisotopic (exact) mass is 341 g/mol. The van der Waals surface area contributed by atoms with Crippen LogP contribution in [0.1, 0.15) is 37.3 Å². The molecule has 4 rings (SSSR count). The number of benzene rings is 1. The summed E-state index contributed by atoms with van der Waals surface area (Å²) in [7, 11) is 0. The van der Waals surface area contributed by atoms with Gasteiger partial charge in [0, 0.05) is 26.1 Å². The van der Waals surface area contributed by atoms with E-state index in [4.69, 9.17) is 4.74 Å². The van der Waals surface area contributed by atoms with Crippen molar-refractivity contribution >= 4 is 5.91 Å². The van der Waals surface area contributed by atoms with Crippen LogP contribution in [0.5, 0.6) is 0 Å². The van der Waals surface area contributed by atoms with Crippen molar-refractivity contribution in [3.63, 3.8) is 0 Å². The van der Waals surface area contributed by atoms with Gasteiger partial charge in [0.2, 0.25) is 5.91 Å². The van der Waals surface area contributed by atoms with E-state index in [1.54, 1.807) is 4.68 Å². The second-order valence-electron chi connectivity index (χ2n) is 6.96. The van der Waals surface area contributed by atoms with E-state index >= 15 is 0 Å². The smallest absolute Gasteiger partial charge is 0.247 e. The summed E-state index contributed by atoms with van der Waals surface area (Å²) in [6, 6.07) is 9.60. The number of hydrogen-bond donors (Lipinski definition) is 0. The van der Waals surface area contributed by atoms with Crippen LogP contribution in [0.3, 0.4) is 0 Å². The predicted octanol–water partition coefficient (Wildman–Crippen LogP) is 1.63. The molecule has 0 saturated carbocycles. The zero-order chi connectivity index (χ0) is 17.1. The molecule has 7 heteroatoms. The summed E-state index contributed by atoms with van der Waals surface area (Å²) in [6.07, 6.45) is 6.21. The molecule has 1 aromatic heterocycles. The highest BCUT2D eigenvalue weighted by molar-refractivity contribution is 5.80. The quantitative estimate of drug-likeness (QED) is 0.845. The number of nitrogens with zero attached hydrogens (tertiary/aromatic N) is 5. The molecule has 1 spiro atoms. The molecule has 132 valence electrons. The molecule has 2 aromatic rings. The van der Waals surface area contributed by atoms with Crippen LogP contribution in [-0.2, 0) is 16.0 Å². The number of piperidine rings is 1. The molecule has 25 heavy (non-hydrogen) atoms. The molecule has 3 heterocycles. The molecular formula is C18H23N5O2. The average Bonchev–Trinajstić information content (AvgIpc) is 3.33. The fourth-order valence-corrected chi connectivity index (χ4v) is 3.94. The minimum Gasteiger partial charge on any atom is -0.375 e. The summed E-state index contributed by atoms with van der Waals surface area (Å²) < 4.78 is 7.54. The molecule has 0 bridgehead atoms. The molecule has 1 amide bonds. The van der Waals surface area contributed by atoms with Crippen LogP contribution in [0.15, 0.2) is 36.7 Å². The van der Waals surface area contributed by atoms with E-state index in [0.29, 0.717) is 6.42 Å². The van der Waals surface area contributed by atoms with Crippen LogP contribution in [0, 0.1) is 0 Å². The second-order valence-corrected chi connectivity index (χ2v) is 6.96. The van der Waals surface area contributed by atoms with Gasteiger partial charge in [-0.2, -0.15) is 0 Å². The van der Waals surface area contributed by atoms with Crippen LogP contribution in [0.25, 0.3) is 0 Å². The minimum absolute atomic E-state index is 0.0144. The van der Waals surface area contributed by atoms with Crippen molar-refractivity contribution in [2.75, 3.05) is 19.7 Å². The Morgan fingerprint density at radius 1 is 1.20 bits per heavy atom. The van der Waals surface area contributed by atoms with Crippen LogP contribution in [0.4, 0.5) is 0 Å². The van der Waals surface area contributed by atoms with E-state index in [1.807, 2.05) is 35.2 Å². The molecule has 0 aliphatic carbocycles. The molecule has 2 saturated heterocycles. The predicted molar refractivity (Wildman–Crippen MR) is 90.7 cm³/mol. The fraction of sp³-hybridized carbons (Fsp3) is 0.556. The number of aromatic nitrogens is 4. The average molecular weight is 341 g/mol. The van der Waals surface area contributed by atoms with Gasteiger partial charge >= 0.3 is 0 Å². The third kappa shape index (κ3) is 3.42. The van der Waals surface area contributed by atoms with E-state index in [-0.39, 0.29) is 11.5 Å². The molecule has 2 fully saturated rings. The Morgan fingerprint density at radius 3 is 2.64 bits per heavy atom. The molecule has 2 aliphatic heterocycles. The van der Waals surface area contributed by atoms with E-state index < -0.39 is 6.04 Å². The Hall–Kier alpha value is -2.28. The number of hydrogen-bond acceptors (Lipinski definition) is 5. The van der Waals surface area contributed by atoms with Crippen LogP contribution >= 0.6 is 0 Å². The first kappa shape index (κ1) is 16.2. The Balaban J connectivity index is 1.48. The van der Waals surface area contributed by atoms with E-state index in [2.05, 4.69) is 15.5 Å². The topological polar surface area (TPSA) is 73.1 Å². The van der Waals surface area contributed by atoms with Crippen molar-refractivity contribution in [1.82, 2.24) is 25.1 Å². The Bertz CT molecular complexity index is 688. The Morgan fingerprint density at radius 2 is 2.00 bits per heavy atom. The van der Waals surface area contributed by atoms with Crippen LogP contribution in [-0.4, -0.2) is 56.3 Å². The molecule has 1 aromatic carbocycles. The lowest BCUT2D eigenvalue weighted by molar-refractivity contribution is -0.140. The maximum atomic E-state index is 13.2. The number of rotatable bonds is 4. The van der Waals surface area contributed by atoms with Crippen molar-refractivity contribution < 1.29 is 9.53 Å². The molecule has 7 nitrogen and oxygen atoms in total. The molecular weight excluding hydrogens is 318 g/mol. The summed E-state index contributed by atoms with van der Waals surface area (Å²) in [5.74, 6) is 0.0870. The van der Waals surface area contributed by atoms with E-state index in [9.17, 15) is 4.79 Å². The maximum absolute atomic E-state index is 13.2. The van der Waals surface area contributed by atoms with Gasteiger partial charge in [-0.05, 0) is 41.7 Å². The van der Waals surface area contributed by atoms with Crippen LogP contribution < -0.4 is 0 Å². The van der Waals surface area contributed by atoms with Gasteiger partial charge in [-0.1, -0.05) is 30.3 Å². The third-order valence-electron chi connectivity index (χ3n) is 5.41. The van der Waals surface area contributed by atoms with Gasteiger partial charge in [-0.15, -0.1) is 5.10 Å². The fourth-order valence-electron chi connectivity index (χ4n) is 3.94. The number of likely N-dealkylation sites (tertiary alicyclic amines) is 1.